The van der Waals surface area contributed by atoms with Gasteiger partial charge in [0.2, 0.25) is 0 Å². The summed E-state index contributed by atoms with van der Waals surface area (Å²) in [7, 11) is -2.14. The highest BCUT2D eigenvalue weighted by atomic mass is 32.2. The van der Waals surface area contributed by atoms with Crippen LogP contribution in [0.4, 0.5) is 5.69 Å². The maximum Gasteiger partial charge on any atom is 0.261 e. The zero-order chi connectivity index (χ0) is 15.6. The standard InChI is InChI=1S/C15H13N3O3S/c1-21-12-3-5-13(6-4-12)22(19,20)18-11-2-7-14-15(10-11)17-9-8-16-14/h2-10,18H,1H3. The van der Waals surface area contributed by atoms with E-state index in [0.717, 1.165) is 0 Å². The van der Waals surface area contributed by atoms with Crippen LogP contribution in [0.3, 0.4) is 0 Å². The van der Waals surface area contributed by atoms with Crippen molar-refractivity contribution in [3.63, 3.8) is 0 Å². The fourth-order valence-corrected chi connectivity index (χ4v) is 3.05. The Morgan fingerprint density at radius 2 is 1.64 bits per heavy atom. The zero-order valence-electron chi connectivity index (χ0n) is 11.7. The molecule has 0 saturated carbocycles. The second-order valence-electron chi connectivity index (χ2n) is 4.54. The Morgan fingerprint density at radius 1 is 0.955 bits per heavy atom. The predicted octanol–water partition coefficient (Wildman–Crippen LogP) is 2.44. The molecule has 0 aliphatic heterocycles. The summed E-state index contributed by atoms with van der Waals surface area (Å²) < 4.78 is 32.2. The molecule has 0 saturated heterocycles. The number of nitrogens with zero attached hydrogens (tertiary/aromatic N) is 2. The van der Waals surface area contributed by atoms with Crippen LogP contribution in [0.15, 0.2) is 59.8 Å². The number of nitrogens with one attached hydrogen (secondary N) is 1. The molecule has 0 aliphatic rings. The van der Waals surface area contributed by atoms with Gasteiger partial charge in [0, 0.05) is 12.4 Å². The van der Waals surface area contributed by atoms with Crippen LogP contribution < -0.4 is 9.46 Å². The molecule has 0 unspecified atom stereocenters. The van der Waals surface area contributed by atoms with E-state index in [1.807, 2.05) is 0 Å². The van der Waals surface area contributed by atoms with Crippen molar-refractivity contribution in [1.82, 2.24) is 9.97 Å². The summed E-state index contributed by atoms with van der Waals surface area (Å²) in [5.74, 6) is 0.597. The fraction of sp³-hybridized carbons (Fsp3) is 0.0667. The summed E-state index contributed by atoms with van der Waals surface area (Å²) in [5.41, 5.74) is 1.76. The number of anilines is 1. The molecule has 0 amide bonds. The predicted molar refractivity (Wildman–Crippen MR) is 83.3 cm³/mol. The Kier molecular flexibility index (Phi) is 3.64. The summed E-state index contributed by atoms with van der Waals surface area (Å²) in [5, 5.41) is 0. The van der Waals surface area contributed by atoms with Crippen LogP contribution in [0.5, 0.6) is 5.75 Å². The van der Waals surface area contributed by atoms with Crippen LogP contribution in [0, 0.1) is 0 Å². The van der Waals surface area contributed by atoms with Gasteiger partial charge in [0.1, 0.15) is 5.75 Å². The molecule has 2 aromatic carbocycles. The van der Waals surface area contributed by atoms with Crippen LogP contribution in [0.2, 0.25) is 0 Å². The molecule has 7 heteroatoms. The zero-order valence-corrected chi connectivity index (χ0v) is 12.5. The number of methoxy groups -OCH3 is 1. The maximum atomic E-state index is 12.3. The van der Waals surface area contributed by atoms with Crippen LogP contribution >= 0.6 is 0 Å². The highest BCUT2D eigenvalue weighted by Gasteiger charge is 2.14. The summed E-state index contributed by atoms with van der Waals surface area (Å²) in [6, 6.07) is 11.2. The first-order chi connectivity index (χ1) is 10.6. The van der Waals surface area contributed by atoms with Gasteiger partial charge in [0.05, 0.1) is 28.7 Å². The second kappa shape index (κ2) is 5.61. The minimum absolute atomic E-state index is 0.160. The first-order valence-corrected chi connectivity index (χ1v) is 7.94. The number of hydrogen-bond acceptors (Lipinski definition) is 5. The summed E-state index contributed by atoms with van der Waals surface area (Å²) in [6.07, 6.45) is 3.15. The lowest BCUT2D eigenvalue weighted by Crippen LogP contribution is -2.12. The molecule has 1 N–H and O–H groups in total. The highest BCUT2D eigenvalue weighted by molar-refractivity contribution is 7.92. The van der Waals surface area contributed by atoms with Gasteiger partial charge in [0.25, 0.3) is 10.0 Å². The average Bonchev–Trinajstić information content (AvgIpc) is 2.54. The highest BCUT2D eigenvalue weighted by Crippen LogP contribution is 2.21. The topological polar surface area (TPSA) is 81.2 Å². The van der Waals surface area contributed by atoms with Gasteiger partial charge in [-0.25, -0.2) is 8.42 Å². The Morgan fingerprint density at radius 3 is 2.32 bits per heavy atom. The fourth-order valence-electron chi connectivity index (χ4n) is 2.00. The Hall–Kier alpha value is -2.67. The van der Waals surface area contributed by atoms with Crippen molar-refractivity contribution in [2.24, 2.45) is 0 Å². The van der Waals surface area contributed by atoms with Crippen molar-refractivity contribution in [3.05, 3.63) is 54.9 Å². The van der Waals surface area contributed by atoms with E-state index in [9.17, 15) is 8.42 Å². The van der Waals surface area contributed by atoms with Crippen LogP contribution in [-0.4, -0.2) is 25.5 Å². The van der Waals surface area contributed by atoms with Gasteiger partial charge in [-0.2, -0.15) is 0 Å². The molecular weight excluding hydrogens is 302 g/mol. The van der Waals surface area contributed by atoms with E-state index < -0.39 is 10.0 Å². The Labute approximate surface area is 127 Å². The first kappa shape index (κ1) is 14.3. The largest absolute Gasteiger partial charge is 0.497 e. The summed E-state index contributed by atoms with van der Waals surface area (Å²) in [6.45, 7) is 0. The minimum atomic E-state index is -3.66. The smallest absolute Gasteiger partial charge is 0.261 e. The van der Waals surface area contributed by atoms with Crippen LogP contribution in [0.1, 0.15) is 0 Å². The Balaban J connectivity index is 1.91. The number of ether oxygens (including phenoxy) is 1. The molecule has 0 radical (unpaired) electrons. The average molecular weight is 315 g/mol. The van der Waals surface area contributed by atoms with Gasteiger partial charge in [-0.1, -0.05) is 0 Å². The number of rotatable bonds is 4. The van der Waals surface area contributed by atoms with Gasteiger partial charge in [-0.15, -0.1) is 0 Å². The Bertz CT molecular complexity index is 909. The minimum Gasteiger partial charge on any atom is -0.497 e. The molecule has 0 bridgehead atoms. The summed E-state index contributed by atoms with van der Waals surface area (Å²) in [4.78, 5) is 8.46. The van der Waals surface area contributed by atoms with Crippen molar-refractivity contribution in [2.75, 3.05) is 11.8 Å². The normalized spacial score (nSPS) is 11.3. The molecule has 112 valence electrons. The third-order valence-electron chi connectivity index (χ3n) is 3.09. The number of fused-ring (bicyclic) bond motifs is 1. The monoisotopic (exact) mass is 315 g/mol. The molecule has 0 spiro atoms. The second-order valence-corrected chi connectivity index (χ2v) is 6.22. The molecule has 6 nitrogen and oxygen atoms in total. The molecule has 0 aliphatic carbocycles. The number of aromatic nitrogens is 2. The van der Waals surface area contributed by atoms with E-state index in [-0.39, 0.29) is 4.90 Å². The maximum absolute atomic E-state index is 12.3. The van der Waals surface area contributed by atoms with Gasteiger partial charge in [-0.3, -0.25) is 14.7 Å². The molecule has 3 aromatic rings. The third kappa shape index (κ3) is 2.84. The SMILES string of the molecule is COc1ccc(S(=O)(=O)Nc2ccc3nccnc3c2)cc1. The lowest BCUT2D eigenvalue weighted by molar-refractivity contribution is 0.414. The van der Waals surface area contributed by atoms with Crippen molar-refractivity contribution >= 4 is 26.7 Å². The molecule has 0 fully saturated rings. The summed E-state index contributed by atoms with van der Waals surface area (Å²) >= 11 is 0. The van der Waals surface area contributed by atoms with Crippen molar-refractivity contribution in [3.8, 4) is 5.75 Å². The lowest BCUT2D eigenvalue weighted by atomic mass is 10.3. The van der Waals surface area contributed by atoms with Gasteiger partial charge >= 0.3 is 0 Å². The van der Waals surface area contributed by atoms with E-state index in [4.69, 9.17) is 4.74 Å². The van der Waals surface area contributed by atoms with Crippen molar-refractivity contribution < 1.29 is 13.2 Å². The van der Waals surface area contributed by atoms with E-state index in [2.05, 4.69) is 14.7 Å². The van der Waals surface area contributed by atoms with Gasteiger partial charge in [0.15, 0.2) is 0 Å². The number of sulfonamides is 1. The van der Waals surface area contributed by atoms with Gasteiger partial charge in [-0.05, 0) is 42.5 Å². The molecule has 1 aromatic heterocycles. The number of benzene rings is 2. The van der Waals surface area contributed by atoms with E-state index >= 15 is 0 Å². The molecule has 22 heavy (non-hydrogen) atoms. The molecule has 0 atom stereocenters. The van der Waals surface area contributed by atoms with E-state index in [0.29, 0.717) is 22.5 Å². The number of hydrogen-bond donors (Lipinski definition) is 1. The van der Waals surface area contributed by atoms with E-state index in [1.165, 1.54) is 19.2 Å². The molecular formula is C15H13N3O3S. The molecule has 3 rings (SSSR count). The first-order valence-electron chi connectivity index (χ1n) is 6.46. The van der Waals surface area contributed by atoms with Crippen LogP contribution in [-0.2, 0) is 10.0 Å². The lowest BCUT2D eigenvalue weighted by Gasteiger charge is -2.09. The van der Waals surface area contributed by atoms with Crippen LogP contribution in [0.25, 0.3) is 11.0 Å². The van der Waals surface area contributed by atoms with Crippen molar-refractivity contribution in [1.29, 1.82) is 0 Å². The van der Waals surface area contributed by atoms with Gasteiger partial charge < -0.3 is 4.74 Å². The van der Waals surface area contributed by atoms with E-state index in [1.54, 1.807) is 42.7 Å². The quantitative estimate of drug-likeness (QED) is 0.799. The molecule has 1 heterocycles. The van der Waals surface area contributed by atoms with Crippen molar-refractivity contribution in [2.45, 2.75) is 4.90 Å². The third-order valence-corrected chi connectivity index (χ3v) is 4.49.